The number of hydrogen-bond acceptors (Lipinski definition) is 4. The first-order valence-corrected chi connectivity index (χ1v) is 18.5. The number of phenolic OH excluding ortho intramolecular Hbond substituents is 2. The molecule has 9 rings (SSSR count). The summed E-state index contributed by atoms with van der Waals surface area (Å²) in [4.78, 5) is 2.26. The highest BCUT2D eigenvalue weighted by atomic mass is 16.3. The Morgan fingerprint density at radius 2 is 0.849 bits per heavy atom. The minimum Gasteiger partial charge on any atom is -0.507 e. The van der Waals surface area contributed by atoms with Crippen LogP contribution in [0.25, 0.3) is 22.3 Å². The van der Waals surface area contributed by atoms with E-state index in [1.807, 2.05) is 12.1 Å². The normalized spacial score (nSPS) is 14.5. The molecule has 1 heterocycles. The van der Waals surface area contributed by atoms with Crippen LogP contribution in [0, 0.1) is 13.8 Å². The number of aromatic hydroxyl groups is 2. The van der Waals surface area contributed by atoms with Gasteiger partial charge in [0.2, 0.25) is 0 Å². The summed E-state index contributed by atoms with van der Waals surface area (Å²) in [6.45, 7) is 10.1. The Balaban J connectivity index is 1.14. The SMILES string of the molecule is Cc1cc(CN(Cc2ccco2)Cc2cc(C)cc(C3(C)c4ccccc4-c4ccccc43)c2O)c(O)c(C2(C)c3ccccc3-c3ccccc32)c1. The molecule has 0 spiro atoms. The molecule has 0 radical (unpaired) electrons. The highest BCUT2D eigenvalue weighted by molar-refractivity contribution is 5.85. The van der Waals surface area contributed by atoms with E-state index in [2.05, 4.69) is 154 Å². The third kappa shape index (κ3) is 5.08. The number of benzene rings is 6. The van der Waals surface area contributed by atoms with Crippen LogP contribution in [0.2, 0.25) is 0 Å². The molecule has 0 saturated heterocycles. The van der Waals surface area contributed by atoms with Gasteiger partial charge in [0.1, 0.15) is 17.3 Å². The topological polar surface area (TPSA) is 56.8 Å². The van der Waals surface area contributed by atoms with Crippen LogP contribution in [0.3, 0.4) is 0 Å². The Morgan fingerprint density at radius 3 is 1.21 bits per heavy atom. The molecule has 2 aliphatic carbocycles. The van der Waals surface area contributed by atoms with Gasteiger partial charge in [0, 0.05) is 46.2 Å². The Kier molecular flexibility index (Phi) is 7.72. The quantitative estimate of drug-likeness (QED) is 0.166. The first-order chi connectivity index (χ1) is 25.7. The third-order valence-electron chi connectivity index (χ3n) is 11.9. The molecule has 0 aliphatic heterocycles. The number of fused-ring (bicyclic) bond motifs is 6. The number of nitrogens with zero attached hydrogens (tertiary/aromatic N) is 1. The second kappa shape index (κ2) is 12.4. The number of phenols is 2. The minimum atomic E-state index is -0.531. The van der Waals surface area contributed by atoms with E-state index in [4.69, 9.17) is 4.42 Å². The number of furan rings is 1. The van der Waals surface area contributed by atoms with Crippen LogP contribution in [-0.2, 0) is 30.5 Å². The molecule has 4 heteroatoms. The monoisotopic (exact) mass is 693 g/mol. The molecule has 0 saturated carbocycles. The van der Waals surface area contributed by atoms with Gasteiger partial charge in [-0.05, 0) is 84.3 Å². The summed E-state index contributed by atoms with van der Waals surface area (Å²) in [5.41, 5.74) is 14.2. The van der Waals surface area contributed by atoms with Crippen molar-refractivity contribution < 1.29 is 14.6 Å². The molecule has 0 unspecified atom stereocenters. The molecule has 0 fully saturated rings. The molecule has 2 N–H and O–H groups in total. The summed E-state index contributed by atoms with van der Waals surface area (Å²) in [7, 11) is 0. The minimum absolute atomic E-state index is 0.301. The summed E-state index contributed by atoms with van der Waals surface area (Å²) in [6.07, 6.45) is 1.70. The van der Waals surface area contributed by atoms with Crippen LogP contribution in [-0.4, -0.2) is 15.1 Å². The number of rotatable bonds is 8. The standard InChI is InChI=1S/C49H43NO3/c1-31-24-33(46(51)44(26-31)48(3)40-19-9-5-15-36(40)37-16-6-10-20-41(37)48)28-50(30-35-14-13-23-53-35)29-34-25-32(2)27-45(47(34)52)49(4)42-21-11-7-17-38(42)39-18-8-12-22-43(39)49/h5-27,51-52H,28-30H2,1-4H3. The van der Waals surface area contributed by atoms with Crippen LogP contribution < -0.4 is 0 Å². The molecule has 0 amide bonds. The lowest BCUT2D eigenvalue weighted by Gasteiger charge is -2.32. The van der Waals surface area contributed by atoms with Gasteiger partial charge in [-0.3, -0.25) is 4.90 Å². The van der Waals surface area contributed by atoms with Crippen LogP contribution in [0.15, 0.2) is 144 Å². The van der Waals surface area contributed by atoms with Gasteiger partial charge in [-0.2, -0.15) is 0 Å². The summed E-state index contributed by atoms with van der Waals surface area (Å²) in [5.74, 6) is 1.42. The van der Waals surface area contributed by atoms with Gasteiger partial charge in [0.05, 0.1) is 12.8 Å². The molecular formula is C49H43NO3. The average molecular weight is 694 g/mol. The molecule has 6 aromatic carbocycles. The zero-order valence-corrected chi connectivity index (χ0v) is 30.7. The highest BCUT2D eigenvalue weighted by Gasteiger charge is 2.44. The lowest BCUT2D eigenvalue weighted by Crippen LogP contribution is -2.26. The second-order valence-electron chi connectivity index (χ2n) is 15.3. The van der Waals surface area contributed by atoms with Crippen LogP contribution in [0.5, 0.6) is 11.5 Å². The van der Waals surface area contributed by atoms with Crippen molar-refractivity contribution in [2.75, 3.05) is 0 Å². The lowest BCUT2D eigenvalue weighted by atomic mass is 9.73. The van der Waals surface area contributed by atoms with Gasteiger partial charge in [-0.25, -0.2) is 0 Å². The van der Waals surface area contributed by atoms with E-state index >= 15 is 0 Å². The van der Waals surface area contributed by atoms with Gasteiger partial charge < -0.3 is 14.6 Å². The number of aryl methyl sites for hydroxylation is 2. The predicted molar refractivity (Wildman–Crippen MR) is 212 cm³/mol. The Hall–Kier alpha value is -5.84. The molecule has 4 nitrogen and oxygen atoms in total. The fraction of sp³-hybridized carbons (Fsp3) is 0.184. The van der Waals surface area contributed by atoms with Crippen molar-refractivity contribution in [1.29, 1.82) is 0 Å². The van der Waals surface area contributed by atoms with Crippen molar-refractivity contribution in [1.82, 2.24) is 4.90 Å². The van der Waals surface area contributed by atoms with Crippen LogP contribution >= 0.6 is 0 Å². The van der Waals surface area contributed by atoms with Gasteiger partial charge in [-0.1, -0.05) is 132 Å². The van der Waals surface area contributed by atoms with Gasteiger partial charge in [0.15, 0.2) is 0 Å². The van der Waals surface area contributed by atoms with Crippen molar-refractivity contribution in [3.8, 4) is 33.8 Å². The smallest absolute Gasteiger partial charge is 0.124 e. The maximum absolute atomic E-state index is 12.3. The second-order valence-corrected chi connectivity index (χ2v) is 15.3. The first kappa shape index (κ1) is 33.0. The van der Waals surface area contributed by atoms with E-state index in [0.717, 1.165) is 39.1 Å². The Labute approximate surface area is 311 Å². The van der Waals surface area contributed by atoms with E-state index in [0.29, 0.717) is 31.1 Å². The van der Waals surface area contributed by atoms with Crippen molar-refractivity contribution in [2.45, 2.75) is 58.2 Å². The summed E-state index contributed by atoms with van der Waals surface area (Å²) in [6, 6.07) is 46.6. The predicted octanol–water partition coefficient (Wildman–Crippen LogP) is 11.2. The van der Waals surface area contributed by atoms with Crippen LogP contribution in [0.4, 0.5) is 0 Å². The van der Waals surface area contributed by atoms with E-state index in [-0.39, 0.29) is 0 Å². The van der Waals surface area contributed by atoms with E-state index in [1.165, 1.54) is 44.5 Å². The van der Waals surface area contributed by atoms with Gasteiger partial charge >= 0.3 is 0 Å². The molecular weight excluding hydrogens is 651 g/mol. The molecule has 1 aromatic heterocycles. The maximum Gasteiger partial charge on any atom is 0.124 e. The lowest BCUT2D eigenvalue weighted by molar-refractivity contribution is 0.221. The number of hydrogen-bond donors (Lipinski definition) is 2. The van der Waals surface area contributed by atoms with Gasteiger partial charge in [-0.15, -0.1) is 0 Å². The highest BCUT2D eigenvalue weighted by Crippen LogP contribution is 2.56. The van der Waals surface area contributed by atoms with Gasteiger partial charge in [0.25, 0.3) is 0 Å². The summed E-state index contributed by atoms with van der Waals surface area (Å²) >= 11 is 0. The largest absolute Gasteiger partial charge is 0.507 e. The summed E-state index contributed by atoms with van der Waals surface area (Å²) < 4.78 is 5.88. The molecule has 262 valence electrons. The molecule has 2 aliphatic rings. The fourth-order valence-corrected chi connectivity index (χ4v) is 9.47. The Bertz CT molecular complexity index is 2280. The molecule has 53 heavy (non-hydrogen) atoms. The van der Waals surface area contributed by atoms with Crippen molar-refractivity contribution >= 4 is 0 Å². The Morgan fingerprint density at radius 1 is 0.472 bits per heavy atom. The fourth-order valence-electron chi connectivity index (χ4n) is 9.47. The third-order valence-corrected chi connectivity index (χ3v) is 11.9. The van der Waals surface area contributed by atoms with E-state index in [9.17, 15) is 10.2 Å². The maximum atomic E-state index is 12.3. The van der Waals surface area contributed by atoms with E-state index in [1.54, 1.807) is 6.26 Å². The average Bonchev–Trinajstić information content (AvgIpc) is 3.85. The molecule has 0 bridgehead atoms. The van der Waals surface area contributed by atoms with Crippen molar-refractivity contribution in [2.24, 2.45) is 0 Å². The zero-order chi connectivity index (χ0) is 36.5. The zero-order valence-electron chi connectivity index (χ0n) is 30.7. The first-order valence-electron chi connectivity index (χ1n) is 18.5. The van der Waals surface area contributed by atoms with Crippen molar-refractivity contribution in [3.05, 3.63) is 201 Å². The van der Waals surface area contributed by atoms with Crippen molar-refractivity contribution in [3.63, 3.8) is 0 Å². The van der Waals surface area contributed by atoms with E-state index < -0.39 is 10.8 Å². The summed E-state index contributed by atoms with van der Waals surface area (Å²) in [5, 5.41) is 24.7. The molecule has 0 atom stereocenters. The van der Waals surface area contributed by atoms with Crippen LogP contribution in [0.1, 0.15) is 75.2 Å². The molecule has 7 aromatic rings.